The minimum absolute atomic E-state index is 0.103. The van der Waals surface area contributed by atoms with E-state index in [1.807, 2.05) is 0 Å². The first-order chi connectivity index (χ1) is 14.7. The zero-order valence-electron chi connectivity index (χ0n) is 17.1. The fourth-order valence-electron chi connectivity index (χ4n) is 2.46. The minimum Gasteiger partial charge on any atom is -0.496 e. The highest BCUT2D eigenvalue weighted by Crippen LogP contribution is 2.30. The van der Waals surface area contributed by atoms with Gasteiger partial charge in [-0.05, 0) is 24.3 Å². The maximum Gasteiger partial charge on any atom is 0.310 e. The molecule has 0 bridgehead atoms. The summed E-state index contributed by atoms with van der Waals surface area (Å²) in [5.74, 6) is 4.80. The molecule has 0 radical (unpaired) electrons. The van der Waals surface area contributed by atoms with E-state index in [2.05, 4.69) is 48.4 Å². The van der Waals surface area contributed by atoms with Crippen molar-refractivity contribution >= 4 is 43.8 Å². The van der Waals surface area contributed by atoms with Crippen LogP contribution in [0.15, 0.2) is 33.2 Å². The van der Waals surface area contributed by atoms with Crippen LogP contribution in [0.2, 0.25) is 0 Å². The first-order valence-corrected chi connectivity index (χ1v) is 10.2. The number of terminal acetylenes is 2. The summed E-state index contributed by atoms with van der Waals surface area (Å²) in [6.07, 6.45) is 10.6. The second-order valence-corrected chi connectivity index (χ2v) is 7.60. The molecule has 0 aliphatic rings. The van der Waals surface area contributed by atoms with Crippen LogP contribution in [0.4, 0.5) is 0 Å². The Morgan fingerprint density at radius 3 is 1.61 bits per heavy atom. The molecule has 8 heteroatoms. The van der Waals surface area contributed by atoms with Gasteiger partial charge in [0, 0.05) is 31.2 Å². The molecule has 0 saturated heterocycles. The van der Waals surface area contributed by atoms with Gasteiger partial charge < -0.3 is 19.3 Å². The molecule has 2 rings (SSSR count). The highest BCUT2D eigenvalue weighted by Gasteiger charge is 2.14. The number of hydrogen-bond donors (Lipinski definition) is 1. The van der Waals surface area contributed by atoms with Gasteiger partial charge in [-0.2, -0.15) is 0 Å². The lowest BCUT2D eigenvalue weighted by Gasteiger charge is -2.10. The van der Waals surface area contributed by atoms with Crippen LogP contribution in [0.3, 0.4) is 0 Å². The zero-order valence-corrected chi connectivity index (χ0v) is 20.3. The second kappa shape index (κ2) is 12.7. The van der Waals surface area contributed by atoms with E-state index in [0.29, 0.717) is 32.7 Å². The first-order valence-electron chi connectivity index (χ1n) is 8.65. The number of carboxylic acids is 1. The fraction of sp³-hybridized carbons (Fsp3) is 0.217. The number of esters is 1. The largest absolute Gasteiger partial charge is 0.496 e. The van der Waals surface area contributed by atoms with Crippen LogP contribution in [-0.2, 0) is 27.2 Å². The third kappa shape index (κ3) is 7.67. The molecule has 0 spiro atoms. The molecule has 0 aliphatic carbocycles. The van der Waals surface area contributed by atoms with Gasteiger partial charge in [0.2, 0.25) is 0 Å². The highest BCUT2D eigenvalue weighted by atomic mass is 79.9. The summed E-state index contributed by atoms with van der Waals surface area (Å²) in [6.45, 7) is 0. The van der Waals surface area contributed by atoms with Crippen LogP contribution in [0.5, 0.6) is 11.5 Å². The molecule has 0 aromatic heterocycles. The summed E-state index contributed by atoms with van der Waals surface area (Å²) in [5.41, 5.74) is 2.66. The van der Waals surface area contributed by atoms with E-state index in [1.165, 1.54) is 21.3 Å². The van der Waals surface area contributed by atoms with Gasteiger partial charge in [-0.15, -0.1) is 12.8 Å². The van der Waals surface area contributed by atoms with Gasteiger partial charge in [0.1, 0.15) is 11.5 Å². The summed E-state index contributed by atoms with van der Waals surface area (Å²) in [6, 6.07) is 6.81. The Balaban J connectivity index is 0.000000311. The molecule has 2 aromatic rings. The van der Waals surface area contributed by atoms with Gasteiger partial charge in [-0.3, -0.25) is 9.59 Å². The lowest BCUT2D eigenvalue weighted by molar-refractivity contribution is -0.140. The molecular formula is C23H20Br2O6. The predicted molar refractivity (Wildman–Crippen MR) is 124 cm³/mol. The lowest BCUT2D eigenvalue weighted by atomic mass is 10.1. The van der Waals surface area contributed by atoms with Gasteiger partial charge in [-0.25, -0.2) is 0 Å². The molecule has 0 saturated carbocycles. The van der Waals surface area contributed by atoms with Gasteiger partial charge in [-0.1, -0.05) is 43.7 Å². The van der Waals surface area contributed by atoms with Crippen molar-refractivity contribution in [3.8, 4) is 36.2 Å². The Kier molecular flexibility index (Phi) is 10.7. The van der Waals surface area contributed by atoms with Crippen LogP contribution in [0, 0.1) is 24.7 Å². The Hall–Kier alpha value is -2.94. The van der Waals surface area contributed by atoms with Crippen molar-refractivity contribution in [3.05, 3.63) is 55.5 Å². The number of ether oxygens (including phenoxy) is 3. The first kappa shape index (κ1) is 26.1. The third-order valence-corrected chi connectivity index (χ3v) is 5.37. The molecular weight excluding hydrogens is 532 g/mol. The monoisotopic (exact) mass is 550 g/mol. The van der Waals surface area contributed by atoms with Crippen LogP contribution in [0.25, 0.3) is 0 Å². The number of rotatable bonds is 6. The Morgan fingerprint density at radius 1 is 0.871 bits per heavy atom. The summed E-state index contributed by atoms with van der Waals surface area (Å²) in [4.78, 5) is 21.8. The number of benzene rings is 2. The third-order valence-electron chi connectivity index (χ3n) is 3.96. The number of methoxy groups -OCH3 is 3. The van der Waals surface area contributed by atoms with Gasteiger partial charge in [0.25, 0.3) is 0 Å². The summed E-state index contributed by atoms with van der Waals surface area (Å²) < 4.78 is 16.3. The van der Waals surface area contributed by atoms with E-state index in [4.69, 9.17) is 27.4 Å². The van der Waals surface area contributed by atoms with Crippen LogP contribution in [0.1, 0.15) is 22.3 Å². The van der Waals surface area contributed by atoms with Crippen LogP contribution >= 0.6 is 31.9 Å². The SMILES string of the molecule is C#Cc1cc(Br)c(CC(=O)O)c(OC)c1.C#Cc1cc(Br)c(CC(=O)OC)c(OC)c1. The van der Waals surface area contributed by atoms with Crippen LogP contribution < -0.4 is 9.47 Å². The molecule has 6 nitrogen and oxygen atoms in total. The Labute approximate surface area is 198 Å². The van der Waals surface area contributed by atoms with Crippen molar-refractivity contribution < 1.29 is 28.9 Å². The lowest BCUT2D eigenvalue weighted by Crippen LogP contribution is -2.07. The summed E-state index contributed by atoms with van der Waals surface area (Å²) in [7, 11) is 4.36. The van der Waals surface area contributed by atoms with Crippen molar-refractivity contribution in [1.82, 2.24) is 0 Å². The predicted octanol–water partition coefficient (Wildman–Crippen LogP) is 4.22. The van der Waals surface area contributed by atoms with Gasteiger partial charge in [0.15, 0.2) is 0 Å². The molecule has 0 heterocycles. The van der Waals surface area contributed by atoms with E-state index in [1.54, 1.807) is 24.3 Å². The van der Waals surface area contributed by atoms with E-state index >= 15 is 0 Å². The zero-order chi connectivity index (χ0) is 23.6. The van der Waals surface area contributed by atoms with Crippen molar-refractivity contribution in [1.29, 1.82) is 0 Å². The van der Waals surface area contributed by atoms with E-state index in [9.17, 15) is 9.59 Å². The highest BCUT2D eigenvalue weighted by molar-refractivity contribution is 9.10. The molecule has 0 aliphatic heterocycles. The fourth-order valence-corrected chi connectivity index (χ4v) is 3.63. The number of carboxylic acid groups (broad SMARTS) is 1. The Morgan fingerprint density at radius 2 is 1.29 bits per heavy atom. The van der Waals surface area contributed by atoms with E-state index in [0.717, 1.165) is 10.0 Å². The van der Waals surface area contributed by atoms with Crippen molar-refractivity contribution in [2.24, 2.45) is 0 Å². The topological polar surface area (TPSA) is 82.1 Å². The molecule has 162 valence electrons. The minimum atomic E-state index is -0.914. The van der Waals surface area contributed by atoms with Gasteiger partial charge >= 0.3 is 11.9 Å². The number of halogens is 2. The summed E-state index contributed by atoms with van der Waals surface area (Å²) >= 11 is 6.62. The number of aliphatic carboxylic acids is 1. The molecule has 0 unspecified atom stereocenters. The summed E-state index contributed by atoms with van der Waals surface area (Å²) in [5, 5.41) is 8.72. The maximum absolute atomic E-state index is 11.2. The molecule has 0 fully saturated rings. The Bertz CT molecular complexity index is 1050. The normalized spacial score (nSPS) is 9.39. The number of carbonyl (C=O) groups excluding carboxylic acids is 1. The quantitative estimate of drug-likeness (QED) is 0.427. The smallest absolute Gasteiger partial charge is 0.310 e. The number of hydrogen-bond acceptors (Lipinski definition) is 5. The van der Waals surface area contributed by atoms with Crippen molar-refractivity contribution in [2.45, 2.75) is 12.8 Å². The van der Waals surface area contributed by atoms with E-state index in [-0.39, 0.29) is 18.8 Å². The standard InChI is InChI=1S/C12H11BrO3.C11H9BrO3/c1-4-8-5-10(13)9(7-12(14)16-3)11(6-8)15-2;1-3-7-4-9(12)8(6-11(13)14)10(5-7)15-2/h1,5-6H,7H2,2-3H3;1,4-5H,6H2,2H3,(H,13,14). The molecule has 2 aromatic carbocycles. The van der Waals surface area contributed by atoms with Gasteiger partial charge in [0.05, 0.1) is 34.2 Å². The second-order valence-electron chi connectivity index (χ2n) is 5.89. The van der Waals surface area contributed by atoms with E-state index < -0.39 is 5.97 Å². The molecule has 31 heavy (non-hydrogen) atoms. The number of carbonyl (C=O) groups is 2. The average Bonchev–Trinajstić information content (AvgIpc) is 2.75. The maximum atomic E-state index is 11.2. The average molecular weight is 552 g/mol. The van der Waals surface area contributed by atoms with Crippen LogP contribution in [-0.4, -0.2) is 38.4 Å². The van der Waals surface area contributed by atoms with Crippen molar-refractivity contribution in [2.75, 3.05) is 21.3 Å². The molecule has 0 atom stereocenters. The molecule has 0 amide bonds. The van der Waals surface area contributed by atoms with Crippen molar-refractivity contribution in [3.63, 3.8) is 0 Å². The molecule has 1 N–H and O–H groups in total.